The Hall–Kier alpha value is -2.84. The monoisotopic (exact) mass is 508 g/mol. The van der Waals surface area contributed by atoms with E-state index >= 15 is 0 Å². The number of pyridine rings is 1. The van der Waals surface area contributed by atoms with E-state index in [1.54, 1.807) is 12.3 Å². The van der Waals surface area contributed by atoms with Crippen LogP contribution in [0, 0.1) is 37.4 Å². The van der Waals surface area contributed by atoms with E-state index in [2.05, 4.69) is 15.2 Å². The van der Waals surface area contributed by atoms with Crippen LogP contribution in [0.2, 0.25) is 0 Å². The van der Waals surface area contributed by atoms with E-state index in [0.29, 0.717) is 37.5 Å². The first-order valence-corrected chi connectivity index (χ1v) is 13.5. The zero-order chi connectivity index (χ0) is 26.1. The largest absolute Gasteiger partial charge is 0.393 e. The Labute approximate surface area is 218 Å². The standard InChI is InChI=1S/C29H37FN4O3/c1-18-8-10-31-19(2)27(18)29(37)34-16-22-14-33(15-23(22)17-34)11-9-26(20-4-3-5-24(30)12-20)32-28(36)21-6-7-25(35)13-21/h3-5,8,10,12,21-23,25-26,35H,6-7,9,11,13-17H2,1-2H3,(H,32,36)/t21?,22?,23?,25?,26-/m0/s1. The molecule has 2 saturated heterocycles. The predicted octanol–water partition coefficient (Wildman–Crippen LogP) is 3.25. The second kappa shape index (κ2) is 10.9. The van der Waals surface area contributed by atoms with E-state index in [4.69, 9.17) is 0 Å². The molecule has 0 bridgehead atoms. The molecule has 0 spiro atoms. The van der Waals surface area contributed by atoms with Crippen molar-refractivity contribution in [3.8, 4) is 0 Å². The highest BCUT2D eigenvalue weighted by molar-refractivity contribution is 5.96. The second-order valence-electron chi connectivity index (χ2n) is 11.1. The molecule has 1 aromatic carbocycles. The average molecular weight is 509 g/mol. The molecule has 3 aliphatic rings. The number of aromatic nitrogens is 1. The molecule has 4 unspecified atom stereocenters. The van der Waals surface area contributed by atoms with Gasteiger partial charge in [-0.25, -0.2) is 4.39 Å². The van der Waals surface area contributed by atoms with E-state index in [9.17, 15) is 19.1 Å². The highest BCUT2D eigenvalue weighted by atomic mass is 19.1. The van der Waals surface area contributed by atoms with Gasteiger partial charge in [-0.1, -0.05) is 12.1 Å². The zero-order valence-electron chi connectivity index (χ0n) is 21.7. The molecule has 2 aliphatic heterocycles. The third kappa shape index (κ3) is 5.70. The molecule has 2 N–H and O–H groups in total. The molecular formula is C29H37FN4O3. The van der Waals surface area contributed by atoms with Gasteiger partial charge in [0, 0.05) is 44.8 Å². The summed E-state index contributed by atoms with van der Waals surface area (Å²) in [4.78, 5) is 34.8. The number of benzene rings is 1. The second-order valence-corrected chi connectivity index (χ2v) is 11.1. The molecule has 198 valence electrons. The quantitative estimate of drug-likeness (QED) is 0.600. The summed E-state index contributed by atoms with van der Waals surface area (Å²) < 4.78 is 14.0. The lowest BCUT2D eigenvalue weighted by atomic mass is 10.0. The third-order valence-corrected chi connectivity index (χ3v) is 8.49. The summed E-state index contributed by atoms with van der Waals surface area (Å²) in [5.74, 6) is 0.390. The molecule has 5 rings (SSSR count). The zero-order valence-corrected chi connectivity index (χ0v) is 21.7. The fourth-order valence-electron chi connectivity index (χ4n) is 6.46. The normalized spacial score (nSPS) is 26.3. The molecule has 3 heterocycles. The molecule has 1 aromatic heterocycles. The fraction of sp³-hybridized carbons (Fsp3) is 0.552. The molecule has 8 heteroatoms. The number of likely N-dealkylation sites (tertiary alicyclic amines) is 2. The number of fused-ring (bicyclic) bond motifs is 1. The van der Waals surface area contributed by atoms with E-state index in [1.807, 2.05) is 30.9 Å². The maximum Gasteiger partial charge on any atom is 0.255 e. The number of rotatable bonds is 7. The molecule has 5 atom stereocenters. The van der Waals surface area contributed by atoms with E-state index < -0.39 is 6.10 Å². The van der Waals surface area contributed by atoms with Gasteiger partial charge in [0.05, 0.1) is 23.4 Å². The molecule has 1 saturated carbocycles. The van der Waals surface area contributed by atoms with Crippen LogP contribution in [0.5, 0.6) is 0 Å². The van der Waals surface area contributed by atoms with Gasteiger partial charge in [-0.05, 0) is 80.7 Å². The highest BCUT2D eigenvalue weighted by Gasteiger charge is 2.42. The number of nitrogens with one attached hydrogen (secondary N) is 1. The first-order valence-electron chi connectivity index (χ1n) is 13.5. The van der Waals surface area contributed by atoms with Gasteiger partial charge in [0.25, 0.3) is 5.91 Å². The van der Waals surface area contributed by atoms with Gasteiger partial charge in [0.2, 0.25) is 5.91 Å². The number of aliphatic hydroxyl groups excluding tert-OH is 1. The van der Waals surface area contributed by atoms with Crippen molar-refractivity contribution in [1.82, 2.24) is 20.1 Å². The van der Waals surface area contributed by atoms with Crippen LogP contribution in [0.4, 0.5) is 4.39 Å². The van der Waals surface area contributed by atoms with Gasteiger partial charge < -0.3 is 20.2 Å². The van der Waals surface area contributed by atoms with Gasteiger partial charge in [0.15, 0.2) is 0 Å². The third-order valence-electron chi connectivity index (χ3n) is 8.49. The van der Waals surface area contributed by atoms with Crippen molar-refractivity contribution in [3.05, 3.63) is 64.7 Å². The lowest BCUT2D eigenvalue weighted by Crippen LogP contribution is -2.37. The lowest BCUT2D eigenvalue weighted by molar-refractivity contribution is -0.125. The van der Waals surface area contributed by atoms with Crippen LogP contribution >= 0.6 is 0 Å². The first kappa shape index (κ1) is 25.8. The number of hydrogen-bond acceptors (Lipinski definition) is 5. The molecule has 2 amide bonds. The number of nitrogens with zero attached hydrogens (tertiary/aromatic N) is 3. The molecular weight excluding hydrogens is 471 g/mol. The van der Waals surface area contributed by atoms with Crippen LogP contribution in [0.15, 0.2) is 36.5 Å². The van der Waals surface area contributed by atoms with Crippen LogP contribution < -0.4 is 5.32 Å². The summed E-state index contributed by atoms with van der Waals surface area (Å²) in [5, 5.41) is 13.0. The Morgan fingerprint density at radius 2 is 1.89 bits per heavy atom. The SMILES string of the molecule is Cc1ccnc(C)c1C(=O)N1CC2CN(CC[C@H](NC(=O)C3CCC(O)C3)c3cccc(F)c3)CC2C1. The summed E-state index contributed by atoms with van der Waals surface area (Å²) in [6.45, 7) is 7.97. The van der Waals surface area contributed by atoms with Crippen LogP contribution in [-0.4, -0.2) is 70.5 Å². The Kier molecular flexibility index (Phi) is 7.58. The maximum atomic E-state index is 14.0. The molecule has 7 nitrogen and oxygen atoms in total. The predicted molar refractivity (Wildman–Crippen MR) is 138 cm³/mol. The topological polar surface area (TPSA) is 85.8 Å². The van der Waals surface area contributed by atoms with Crippen molar-refractivity contribution < 1.29 is 19.1 Å². The van der Waals surface area contributed by atoms with Crippen molar-refractivity contribution in [2.45, 2.75) is 51.7 Å². The Bertz CT molecular complexity index is 1120. The number of carbonyl (C=O) groups excluding carboxylic acids is 2. The number of hydrogen-bond donors (Lipinski definition) is 2. The smallest absolute Gasteiger partial charge is 0.255 e. The number of aliphatic hydroxyl groups is 1. The summed E-state index contributed by atoms with van der Waals surface area (Å²) >= 11 is 0. The first-order chi connectivity index (χ1) is 17.8. The Balaban J connectivity index is 1.18. The summed E-state index contributed by atoms with van der Waals surface area (Å²) in [6.07, 6.45) is 3.84. The summed E-state index contributed by atoms with van der Waals surface area (Å²) in [5.41, 5.74) is 3.24. The maximum absolute atomic E-state index is 14.0. The van der Waals surface area contributed by atoms with E-state index in [1.165, 1.54) is 12.1 Å². The minimum Gasteiger partial charge on any atom is -0.393 e. The van der Waals surface area contributed by atoms with Crippen molar-refractivity contribution in [2.24, 2.45) is 17.8 Å². The minimum atomic E-state index is -0.412. The van der Waals surface area contributed by atoms with E-state index in [-0.39, 0.29) is 29.6 Å². The van der Waals surface area contributed by atoms with Crippen molar-refractivity contribution in [1.29, 1.82) is 0 Å². The molecule has 3 fully saturated rings. The van der Waals surface area contributed by atoms with Crippen molar-refractivity contribution in [3.63, 3.8) is 0 Å². The number of carbonyl (C=O) groups is 2. The average Bonchev–Trinajstić information content (AvgIpc) is 3.56. The van der Waals surface area contributed by atoms with Crippen LogP contribution in [0.1, 0.15) is 58.9 Å². The van der Waals surface area contributed by atoms with Gasteiger partial charge in [-0.3, -0.25) is 14.6 Å². The van der Waals surface area contributed by atoms with Crippen LogP contribution in [0.3, 0.4) is 0 Å². The van der Waals surface area contributed by atoms with E-state index in [0.717, 1.165) is 55.1 Å². The van der Waals surface area contributed by atoms with Crippen molar-refractivity contribution in [2.75, 3.05) is 32.7 Å². The van der Waals surface area contributed by atoms with Gasteiger partial charge in [-0.2, -0.15) is 0 Å². The Morgan fingerprint density at radius 3 is 2.54 bits per heavy atom. The molecule has 1 aliphatic carbocycles. The van der Waals surface area contributed by atoms with Gasteiger partial charge >= 0.3 is 0 Å². The van der Waals surface area contributed by atoms with Gasteiger partial charge in [0.1, 0.15) is 5.82 Å². The van der Waals surface area contributed by atoms with Gasteiger partial charge in [-0.15, -0.1) is 0 Å². The number of aryl methyl sites for hydroxylation is 2. The highest BCUT2D eigenvalue weighted by Crippen LogP contribution is 2.33. The fourth-order valence-corrected chi connectivity index (χ4v) is 6.46. The molecule has 2 aromatic rings. The number of amides is 2. The molecule has 37 heavy (non-hydrogen) atoms. The Morgan fingerprint density at radius 1 is 1.14 bits per heavy atom. The lowest BCUT2D eigenvalue weighted by Gasteiger charge is -2.26. The summed E-state index contributed by atoms with van der Waals surface area (Å²) in [7, 11) is 0. The van der Waals surface area contributed by atoms with Crippen molar-refractivity contribution >= 4 is 11.8 Å². The minimum absolute atomic E-state index is 0.0563. The molecule has 0 radical (unpaired) electrons. The van der Waals surface area contributed by atoms with Crippen LogP contribution in [-0.2, 0) is 4.79 Å². The van der Waals surface area contributed by atoms with Crippen LogP contribution in [0.25, 0.3) is 0 Å². The summed E-state index contributed by atoms with van der Waals surface area (Å²) in [6, 6.07) is 8.07. The number of halogens is 1.